The SMILES string of the molecule is O=C(O)c1cn[nH]c1S(=O)(=O)Nc1cccnc1Cl. The highest BCUT2D eigenvalue weighted by Gasteiger charge is 2.25. The summed E-state index contributed by atoms with van der Waals surface area (Å²) in [4.78, 5) is 14.6. The molecule has 0 spiro atoms. The van der Waals surface area contributed by atoms with Crippen LogP contribution in [0.4, 0.5) is 5.69 Å². The van der Waals surface area contributed by atoms with Crippen LogP contribution in [0.2, 0.25) is 5.15 Å². The summed E-state index contributed by atoms with van der Waals surface area (Å²) in [6, 6.07) is 2.87. The van der Waals surface area contributed by atoms with Crippen molar-refractivity contribution in [3.8, 4) is 0 Å². The largest absolute Gasteiger partial charge is 0.478 e. The van der Waals surface area contributed by atoms with Gasteiger partial charge >= 0.3 is 5.97 Å². The molecule has 3 N–H and O–H groups in total. The third-order valence-electron chi connectivity index (χ3n) is 2.11. The van der Waals surface area contributed by atoms with Crippen LogP contribution in [0.15, 0.2) is 29.6 Å². The van der Waals surface area contributed by atoms with Crippen LogP contribution in [0.25, 0.3) is 0 Å². The average molecular weight is 303 g/mol. The number of aromatic carboxylic acids is 1. The number of carboxylic acids is 1. The lowest BCUT2D eigenvalue weighted by atomic mass is 10.4. The van der Waals surface area contributed by atoms with Gasteiger partial charge in [-0.3, -0.25) is 9.82 Å². The molecule has 0 unspecified atom stereocenters. The van der Waals surface area contributed by atoms with Crippen molar-refractivity contribution in [3.05, 3.63) is 35.2 Å². The highest BCUT2D eigenvalue weighted by molar-refractivity contribution is 7.92. The van der Waals surface area contributed by atoms with Crippen molar-refractivity contribution in [2.24, 2.45) is 0 Å². The monoisotopic (exact) mass is 302 g/mol. The molecule has 2 rings (SSSR count). The molecule has 0 saturated heterocycles. The van der Waals surface area contributed by atoms with Crippen molar-refractivity contribution in [2.45, 2.75) is 5.03 Å². The van der Waals surface area contributed by atoms with Crippen LogP contribution in [-0.4, -0.2) is 34.7 Å². The van der Waals surface area contributed by atoms with Gasteiger partial charge in [0.1, 0.15) is 5.56 Å². The fourth-order valence-corrected chi connectivity index (χ4v) is 2.67. The number of rotatable bonds is 4. The Balaban J connectivity index is 2.41. The van der Waals surface area contributed by atoms with Gasteiger partial charge in [-0.05, 0) is 12.1 Å². The number of hydrogen-bond donors (Lipinski definition) is 3. The van der Waals surface area contributed by atoms with Crippen molar-refractivity contribution in [1.82, 2.24) is 15.2 Å². The zero-order valence-corrected chi connectivity index (χ0v) is 10.7. The summed E-state index contributed by atoms with van der Waals surface area (Å²) in [5, 5.41) is 13.8. The number of carbonyl (C=O) groups is 1. The van der Waals surface area contributed by atoms with Gasteiger partial charge in [0.05, 0.1) is 11.9 Å². The maximum absolute atomic E-state index is 12.0. The van der Waals surface area contributed by atoms with E-state index < -0.39 is 26.6 Å². The second-order valence-corrected chi connectivity index (χ2v) is 5.34. The Bertz CT molecular complexity index is 727. The van der Waals surface area contributed by atoms with Crippen LogP contribution >= 0.6 is 11.6 Å². The van der Waals surface area contributed by atoms with Gasteiger partial charge in [-0.2, -0.15) is 13.5 Å². The molecule has 0 aromatic carbocycles. The normalized spacial score (nSPS) is 11.2. The third kappa shape index (κ3) is 2.66. The van der Waals surface area contributed by atoms with E-state index in [1.54, 1.807) is 0 Å². The van der Waals surface area contributed by atoms with Crippen molar-refractivity contribution < 1.29 is 18.3 Å². The van der Waals surface area contributed by atoms with E-state index in [0.717, 1.165) is 6.20 Å². The number of nitrogens with one attached hydrogen (secondary N) is 2. The molecule has 0 saturated carbocycles. The Morgan fingerprint density at radius 1 is 1.47 bits per heavy atom. The molecule has 10 heteroatoms. The smallest absolute Gasteiger partial charge is 0.340 e. The van der Waals surface area contributed by atoms with Gasteiger partial charge in [-0.1, -0.05) is 11.6 Å². The summed E-state index contributed by atoms with van der Waals surface area (Å²) >= 11 is 5.71. The summed E-state index contributed by atoms with van der Waals surface area (Å²) in [5.74, 6) is -1.41. The van der Waals surface area contributed by atoms with Gasteiger partial charge in [-0.25, -0.2) is 9.78 Å². The molecule has 0 aliphatic carbocycles. The van der Waals surface area contributed by atoms with Gasteiger partial charge in [0.2, 0.25) is 0 Å². The second-order valence-electron chi connectivity index (χ2n) is 3.37. The first-order valence-electron chi connectivity index (χ1n) is 4.82. The summed E-state index contributed by atoms with van der Waals surface area (Å²) in [7, 11) is -4.14. The fourth-order valence-electron chi connectivity index (χ4n) is 1.29. The van der Waals surface area contributed by atoms with Gasteiger partial charge < -0.3 is 5.11 Å². The molecule has 0 atom stereocenters. The van der Waals surface area contributed by atoms with Crippen LogP contribution in [0.5, 0.6) is 0 Å². The lowest BCUT2D eigenvalue weighted by Gasteiger charge is -2.07. The van der Waals surface area contributed by atoms with Crippen LogP contribution in [0, 0.1) is 0 Å². The maximum Gasteiger partial charge on any atom is 0.340 e. The Morgan fingerprint density at radius 2 is 2.21 bits per heavy atom. The number of hydrogen-bond acceptors (Lipinski definition) is 5. The number of aromatic amines is 1. The molecular weight excluding hydrogens is 296 g/mol. The molecule has 0 fully saturated rings. The number of halogens is 1. The molecule has 0 amide bonds. The first-order valence-corrected chi connectivity index (χ1v) is 6.68. The zero-order chi connectivity index (χ0) is 14.0. The summed E-state index contributed by atoms with van der Waals surface area (Å²) in [6.45, 7) is 0. The minimum absolute atomic E-state index is 0.0371. The molecule has 2 heterocycles. The molecule has 8 nitrogen and oxygen atoms in total. The van der Waals surface area contributed by atoms with E-state index in [9.17, 15) is 13.2 Å². The van der Waals surface area contributed by atoms with Crippen LogP contribution < -0.4 is 4.72 Å². The van der Waals surface area contributed by atoms with Crippen LogP contribution in [0.3, 0.4) is 0 Å². The van der Waals surface area contributed by atoms with Gasteiger partial charge in [0.25, 0.3) is 10.0 Å². The minimum Gasteiger partial charge on any atom is -0.478 e. The summed E-state index contributed by atoms with van der Waals surface area (Å²) in [5.41, 5.74) is -0.428. The summed E-state index contributed by atoms with van der Waals surface area (Å²) < 4.78 is 26.1. The van der Waals surface area contributed by atoms with Crippen LogP contribution in [0.1, 0.15) is 10.4 Å². The molecule has 0 aliphatic rings. The number of sulfonamides is 1. The van der Waals surface area contributed by atoms with Crippen molar-refractivity contribution in [1.29, 1.82) is 0 Å². The highest BCUT2D eigenvalue weighted by atomic mass is 35.5. The molecule has 2 aromatic heterocycles. The van der Waals surface area contributed by atoms with Crippen molar-refractivity contribution >= 4 is 33.3 Å². The Kier molecular flexibility index (Phi) is 3.40. The molecule has 0 bridgehead atoms. The number of pyridine rings is 1. The Labute approximate surface area is 112 Å². The Morgan fingerprint density at radius 3 is 2.84 bits per heavy atom. The van der Waals surface area contributed by atoms with E-state index in [4.69, 9.17) is 16.7 Å². The Hall–Kier alpha value is -2.13. The van der Waals surface area contributed by atoms with Gasteiger partial charge in [0, 0.05) is 6.20 Å². The molecule has 0 radical (unpaired) electrons. The van der Waals surface area contributed by atoms with Gasteiger partial charge in [0.15, 0.2) is 10.2 Å². The van der Waals surface area contributed by atoms with E-state index in [1.807, 2.05) is 0 Å². The standard InChI is InChI=1S/C9H7ClN4O4S/c10-7-6(2-1-3-11-7)14-19(17,18)8-5(9(15)16)4-12-13-8/h1-4,14H,(H,12,13)(H,15,16). The second kappa shape index (κ2) is 4.86. The molecule has 100 valence electrons. The van der Waals surface area contributed by atoms with Crippen LogP contribution in [-0.2, 0) is 10.0 Å². The fraction of sp³-hybridized carbons (Fsp3) is 0. The van der Waals surface area contributed by atoms with E-state index in [1.165, 1.54) is 18.3 Å². The van der Waals surface area contributed by atoms with E-state index >= 15 is 0 Å². The molecular formula is C9H7ClN4O4S. The molecule has 2 aromatic rings. The number of anilines is 1. The number of carboxylic acid groups (broad SMARTS) is 1. The lowest BCUT2D eigenvalue weighted by Crippen LogP contribution is -2.17. The number of aromatic nitrogens is 3. The van der Waals surface area contributed by atoms with E-state index in [-0.39, 0.29) is 10.8 Å². The number of H-pyrrole nitrogens is 1. The first kappa shape index (κ1) is 13.3. The lowest BCUT2D eigenvalue weighted by molar-refractivity contribution is 0.0692. The minimum atomic E-state index is -4.14. The quantitative estimate of drug-likeness (QED) is 0.722. The first-order chi connectivity index (χ1) is 8.92. The number of nitrogens with zero attached hydrogens (tertiary/aromatic N) is 2. The predicted octanol–water partition coefficient (Wildman–Crippen LogP) is 0.957. The molecule has 0 aliphatic heterocycles. The highest BCUT2D eigenvalue weighted by Crippen LogP contribution is 2.22. The van der Waals surface area contributed by atoms with Crippen molar-refractivity contribution in [3.63, 3.8) is 0 Å². The average Bonchev–Trinajstić information content (AvgIpc) is 2.82. The zero-order valence-electron chi connectivity index (χ0n) is 9.16. The topological polar surface area (TPSA) is 125 Å². The van der Waals surface area contributed by atoms with Crippen molar-refractivity contribution in [2.75, 3.05) is 4.72 Å². The van der Waals surface area contributed by atoms with E-state index in [0.29, 0.717) is 0 Å². The maximum atomic E-state index is 12.0. The molecule has 19 heavy (non-hydrogen) atoms. The van der Waals surface area contributed by atoms with Gasteiger partial charge in [-0.15, -0.1) is 0 Å². The summed E-state index contributed by atoms with van der Waals surface area (Å²) in [6.07, 6.45) is 2.29. The third-order valence-corrected chi connectivity index (χ3v) is 3.75. The predicted molar refractivity (Wildman–Crippen MR) is 65.6 cm³/mol. The van der Waals surface area contributed by atoms with E-state index in [2.05, 4.69) is 19.9 Å².